The van der Waals surface area contributed by atoms with Gasteiger partial charge >= 0.3 is 11.9 Å². The maximum Gasteiger partial charge on any atom is 0.338 e. The summed E-state index contributed by atoms with van der Waals surface area (Å²) in [4.78, 5) is 52.0. The summed E-state index contributed by atoms with van der Waals surface area (Å²) in [5.41, 5.74) is 2.14. The second-order valence-corrected chi connectivity index (χ2v) is 8.20. The average molecular weight is 479 g/mol. The molecule has 0 atom stereocenters. The number of nitrogens with zero attached hydrogens (tertiary/aromatic N) is 1. The molecule has 2 amide bonds. The van der Waals surface area contributed by atoms with E-state index in [1.807, 2.05) is 30.3 Å². The summed E-state index contributed by atoms with van der Waals surface area (Å²) < 4.78 is 10.3. The summed E-state index contributed by atoms with van der Waals surface area (Å²) >= 11 is 0. The minimum Gasteiger partial charge on any atom is -0.462 e. The molecular formula is C29H21NO6. The minimum absolute atomic E-state index is 0.0198. The third-order valence-corrected chi connectivity index (χ3v) is 5.96. The number of rotatable bonds is 6. The van der Waals surface area contributed by atoms with Crippen LogP contribution in [0.4, 0.5) is 5.69 Å². The number of esters is 2. The highest BCUT2D eigenvalue weighted by atomic mass is 16.5. The van der Waals surface area contributed by atoms with Gasteiger partial charge in [0.05, 0.1) is 34.5 Å². The largest absolute Gasteiger partial charge is 0.462 e. The van der Waals surface area contributed by atoms with E-state index in [2.05, 4.69) is 0 Å². The molecule has 0 saturated carbocycles. The Morgan fingerprint density at radius 1 is 0.722 bits per heavy atom. The summed E-state index contributed by atoms with van der Waals surface area (Å²) in [5.74, 6) is -1.98. The zero-order valence-corrected chi connectivity index (χ0v) is 19.4. The highest BCUT2D eigenvalue weighted by Crippen LogP contribution is 2.34. The van der Waals surface area contributed by atoms with Crippen molar-refractivity contribution in [2.75, 3.05) is 11.5 Å². The lowest BCUT2D eigenvalue weighted by atomic mass is 10.1. The normalized spacial score (nSPS) is 12.5. The first-order valence-corrected chi connectivity index (χ1v) is 11.4. The lowest BCUT2D eigenvalue weighted by Crippen LogP contribution is -2.29. The summed E-state index contributed by atoms with van der Waals surface area (Å²) in [6.45, 7) is 2.00. The molecule has 4 aromatic carbocycles. The number of benzene rings is 4. The van der Waals surface area contributed by atoms with Crippen LogP contribution < -0.4 is 4.90 Å². The van der Waals surface area contributed by atoms with Crippen LogP contribution in [0.15, 0.2) is 84.9 Å². The van der Waals surface area contributed by atoms with Gasteiger partial charge in [-0.05, 0) is 54.3 Å². The fourth-order valence-corrected chi connectivity index (χ4v) is 4.17. The molecule has 1 aliphatic rings. The molecule has 36 heavy (non-hydrogen) atoms. The van der Waals surface area contributed by atoms with Crippen molar-refractivity contribution in [3.05, 3.63) is 113 Å². The van der Waals surface area contributed by atoms with Crippen molar-refractivity contribution in [3.8, 4) is 0 Å². The molecule has 178 valence electrons. The molecule has 0 spiro atoms. The van der Waals surface area contributed by atoms with Gasteiger partial charge in [0, 0.05) is 5.39 Å². The maximum absolute atomic E-state index is 13.3. The number of imide groups is 1. The molecule has 0 saturated heterocycles. The van der Waals surface area contributed by atoms with Crippen molar-refractivity contribution in [1.82, 2.24) is 0 Å². The summed E-state index contributed by atoms with van der Waals surface area (Å²) in [7, 11) is 0. The van der Waals surface area contributed by atoms with E-state index >= 15 is 0 Å². The quantitative estimate of drug-likeness (QED) is 0.280. The zero-order valence-electron chi connectivity index (χ0n) is 19.4. The second-order valence-electron chi connectivity index (χ2n) is 8.20. The smallest absolute Gasteiger partial charge is 0.338 e. The van der Waals surface area contributed by atoms with Crippen LogP contribution in [0, 0.1) is 0 Å². The average Bonchev–Trinajstić information content (AvgIpc) is 3.16. The van der Waals surface area contributed by atoms with Crippen LogP contribution in [0.3, 0.4) is 0 Å². The van der Waals surface area contributed by atoms with E-state index in [0.29, 0.717) is 16.8 Å². The van der Waals surface area contributed by atoms with E-state index in [9.17, 15) is 19.2 Å². The van der Waals surface area contributed by atoms with Crippen LogP contribution in [-0.2, 0) is 16.1 Å². The predicted molar refractivity (Wildman–Crippen MR) is 133 cm³/mol. The van der Waals surface area contributed by atoms with Crippen molar-refractivity contribution >= 4 is 40.2 Å². The van der Waals surface area contributed by atoms with Crippen molar-refractivity contribution in [2.24, 2.45) is 0 Å². The van der Waals surface area contributed by atoms with Crippen LogP contribution >= 0.6 is 0 Å². The summed E-state index contributed by atoms with van der Waals surface area (Å²) in [6, 6.07) is 23.8. The van der Waals surface area contributed by atoms with E-state index in [1.54, 1.807) is 43.3 Å². The van der Waals surface area contributed by atoms with Gasteiger partial charge in [-0.1, -0.05) is 48.5 Å². The molecular weight excluding hydrogens is 458 g/mol. The Morgan fingerprint density at radius 3 is 2.17 bits per heavy atom. The Labute approximate surface area is 206 Å². The topological polar surface area (TPSA) is 90.0 Å². The monoisotopic (exact) mass is 479 g/mol. The number of ether oxygens (including phenoxy) is 2. The zero-order chi connectivity index (χ0) is 25.2. The Bertz CT molecular complexity index is 1520. The fraction of sp³-hybridized carbons (Fsp3) is 0.103. The number of hydrogen-bond donors (Lipinski definition) is 0. The molecule has 0 unspecified atom stereocenters. The molecule has 0 bridgehead atoms. The highest BCUT2D eigenvalue weighted by molar-refractivity contribution is 6.36. The van der Waals surface area contributed by atoms with Crippen LogP contribution in [0.2, 0.25) is 0 Å². The molecule has 0 aromatic heterocycles. The summed E-state index contributed by atoms with van der Waals surface area (Å²) in [5, 5.41) is 1.69. The minimum atomic E-state index is -0.629. The van der Waals surface area contributed by atoms with Gasteiger partial charge in [-0.3, -0.25) is 9.59 Å². The maximum atomic E-state index is 13.3. The molecule has 1 aliphatic heterocycles. The third-order valence-electron chi connectivity index (χ3n) is 5.96. The van der Waals surface area contributed by atoms with E-state index in [4.69, 9.17) is 9.47 Å². The molecule has 7 heteroatoms. The number of hydrogen-bond acceptors (Lipinski definition) is 6. The van der Waals surface area contributed by atoms with Gasteiger partial charge in [0.15, 0.2) is 0 Å². The number of carbonyl (C=O) groups is 4. The standard InChI is InChI=1S/C29H21NO6/c1-2-35-28(33)20-12-10-18(11-13-20)17-36-29(34)21-14-15-23-24(16-21)27(32)30(26(23)31)25-9-5-7-19-6-3-4-8-22(19)25/h3-16H,2,17H2,1H3. The molecule has 7 nitrogen and oxygen atoms in total. The Morgan fingerprint density at radius 2 is 1.39 bits per heavy atom. The van der Waals surface area contributed by atoms with Gasteiger partial charge in [-0.25, -0.2) is 14.5 Å². The van der Waals surface area contributed by atoms with Crippen molar-refractivity contribution < 1.29 is 28.7 Å². The van der Waals surface area contributed by atoms with Gasteiger partial charge in [0.25, 0.3) is 11.8 Å². The van der Waals surface area contributed by atoms with E-state index in [-0.39, 0.29) is 29.9 Å². The number of anilines is 1. The Balaban J connectivity index is 1.33. The Hall–Kier alpha value is -4.78. The highest BCUT2D eigenvalue weighted by Gasteiger charge is 2.38. The first-order chi connectivity index (χ1) is 17.5. The Kier molecular flexibility index (Phi) is 6.04. The van der Waals surface area contributed by atoms with Crippen LogP contribution in [0.25, 0.3) is 10.8 Å². The number of carbonyl (C=O) groups excluding carboxylic acids is 4. The molecule has 4 aromatic rings. The van der Waals surface area contributed by atoms with Crippen LogP contribution in [0.1, 0.15) is 53.9 Å². The van der Waals surface area contributed by atoms with Gasteiger partial charge in [0.1, 0.15) is 6.61 Å². The second kappa shape index (κ2) is 9.46. The van der Waals surface area contributed by atoms with E-state index in [1.165, 1.54) is 18.2 Å². The van der Waals surface area contributed by atoms with E-state index in [0.717, 1.165) is 15.7 Å². The molecule has 1 heterocycles. The van der Waals surface area contributed by atoms with Crippen molar-refractivity contribution in [1.29, 1.82) is 0 Å². The summed E-state index contributed by atoms with van der Waals surface area (Å²) in [6.07, 6.45) is 0. The first kappa shape index (κ1) is 23.0. The van der Waals surface area contributed by atoms with Crippen LogP contribution in [-0.4, -0.2) is 30.4 Å². The van der Waals surface area contributed by atoms with Gasteiger partial charge in [-0.15, -0.1) is 0 Å². The number of fused-ring (bicyclic) bond motifs is 2. The third kappa shape index (κ3) is 4.11. The van der Waals surface area contributed by atoms with Crippen molar-refractivity contribution in [3.63, 3.8) is 0 Å². The van der Waals surface area contributed by atoms with Gasteiger partial charge in [0.2, 0.25) is 0 Å². The molecule has 0 fully saturated rings. The molecule has 5 rings (SSSR count). The van der Waals surface area contributed by atoms with Crippen molar-refractivity contribution in [2.45, 2.75) is 13.5 Å². The molecule has 0 radical (unpaired) electrons. The lowest BCUT2D eigenvalue weighted by Gasteiger charge is -2.16. The number of amides is 2. The first-order valence-electron chi connectivity index (χ1n) is 11.4. The lowest BCUT2D eigenvalue weighted by molar-refractivity contribution is 0.0469. The molecule has 0 aliphatic carbocycles. The SMILES string of the molecule is CCOC(=O)c1ccc(COC(=O)c2ccc3c(c2)C(=O)N(c2cccc4ccccc24)C3=O)cc1. The van der Waals surface area contributed by atoms with Gasteiger partial charge < -0.3 is 9.47 Å². The molecule has 0 N–H and O–H groups in total. The predicted octanol–water partition coefficient (Wildman–Crippen LogP) is 5.17. The van der Waals surface area contributed by atoms with E-state index < -0.39 is 23.8 Å². The van der Waals surface area contributed by atoms with Crippen LogP contribution in [0.5, 0.6) is 0 Å². The van der Waals surface area contributed by atoms with Gasteiger partial charge in [-0.2, -0.15) is 0 Å². The fourth-order valence-electron chi connectivity index (χ4n) is 4.17.